The summed E-state index contributed by atoms with van der Waals surface area (Å²) in [6.07, 6.45) is 0.237. The summed E-state index contributed by atoms with van der Waals surface area (Å²) in [5, 5.41) is 7.44. The quantitative estimate of drug-likeness (QED) is 0.883. The van der Waals surface area contributed by atoms with Crippen LogP contribution in [0.2, 0.25) is 0 Å². The van der Waals surface area contributed by atoms with Crippen molar-refractivity contribution in [2.45, 2.75) is 52.8 Å². The van der Waals surface area contributed by atoms with Gasteiger partial charge in [0.25, 0.3) is 5.91 Å². The third-order valence-electron chi connectivity index (χ3n) is 4.64. The lowest BCUT2D eigenvalue weighted by atomic mass is 10.0. The first kappa shape index (κ1) is 19.9. The molecule has 1 aliphatic heterocycles. The number of nitrogens with zero attached hydrogens (tertiary/aromatic N) is 3. The van der Waals surface area contributed by atoms with Crippen molar-refractivity contribution in [2.75, 3.05) is 6.54 Å². The number of benzene rings is 1. The summed E-state index contributed by atoms with van der Waals surface area (Å²) < 4.78 is 7.08. The molecule has 0 saturated carbocycles. The van der Waals surface area contributed by atoms with Crippen molar-refractivity contribution in [3.8, 4) is 0 Å². The molecule has 0 atom stereocenters. The number of nitrogens with one attached hydrogen (secondary N) is 1. The predicted octanol–water partition coefficient (Wildman–Crippen LogP) is 2.95. The molecular weight excluding hydrogens is 356 g/mol. The third-order valence-corrected chi connectivity index (χ3v) is 4.64. The van der Waals surface area contributed by atoms with E-state index in [-0.39, 0.29) is 12.0 Å². The van der Waals surface area contributed by atoms with Crippen LogP contribution in [0, 0.1) is 6.92 Å². The minimum absolute atomic E-state index is 0.192. The molecule has 1 aromatic carbocycles. The predicted molar refractivity (Wildman–Crippen MR) is 106 cm³/mol. The Morgan fingerprint density at radius 3 is 2.54 bits per heavy atom. The molecular formula is C21H28N4O3. The van der Waals surface area contributed by atoms with Crippen LogP contribution in [0.4, 0.5) is 4.79 Å². The largest absolute Gasteiger partial charge is 0.444 e. The van der Waals surface area contributed by atoms with Crippen LogP contribution in [0.5, 0.6) is 0 Å². The molecule has 2 heterocycles. The first-order valence-electron chi connectivity index (χ1n) is 9.50. The van der Waals surface area contributed by atoms with Gasteiger partial charge in [-0.15, -0.1) is 0 Å². The van der Waals surface area contributed by atoms with Crippen molar-refractivity contribution in [3.63, 3.8) is 0 Å². The van der Waals surface area contributed by atoms with Gasteiger partial charge in [0.05, 0.1) is 12.2 Å². The van der Waals surface area contributed by atoms with Gasteiger partial charge in [0.15, 0.2) is 0 Å². The first-order chi connectivity index (χ1) is 13.1. The lowest BCUT2D eigenvalue weighted by Crippen LogP contribution is -2.40. The SMILES string of the molecule is Cc1ccc(CNC(=O)c2c3c(nn2C)CCN(C(=O)OC(C)(C)C)C3)cc1. The molecule has 150 valence electrons. The molecule has 1 aliphatic rings. The number of carbonyl (C=O) groups is 2. The highest BCUT2D eigenvalue weighted by molar-refractivity contribution is 5.94. The molecule has 0 aliphatic carbocycles. The fourth-order valence-corrected chi connectivity index (χ4v) is 3.24. The third kappa shape index (κ3) is 4.52. The maximum absolute atomic E-state index is 12.8. The smallest absolute Gasteiger partial charge is 0.410 e. The summed E-state index contributed by atoms with van der Waals surface area (Å²) >= 11 is 0. The number of amides is 2. The molecule has 0 spiro atoms. The fraction of sp³-hybridized carbons (Fsp3) is 0.476. The zero-order chi connectivity index (χ0) is 20.5. The van der Waals surface area contributed by atoms with Gasteiger partial charge in [0.1, 0.15) is 11.3 Å². The zero-order valence-electron chi connectivity index (χ0n) is 17.2. The number of hydrogen-bond donors (Lipinski definition) is 1. The van der Waals surface area contributed by atoms with E-state index in [1.165, 1.54) is 5.56 Å². The van der Waals surface area contributed by atoms with Crippen molar-refractivity contribution >= 4 is 12.0 Å². The van der Waals surface area contributed by atoms with Gasteiger partial charge in [-0.1, -0.05) is 29.8 Å². The van der Waals surface area contributed by atoms with Crippen LogP contribution in [0.15, 0.2) is 24.3 Å². The zero-order valence-corrected chi connectivity index (χ0v) is 17.2. The Balaban J connectivity index is 1.73. The van der Waals surface area contributed by atoms with E-state index in [2.05, 4.69) is 10.4 Å². The molecule has 2 aromatic rings. The minimum atomic E-state index is -0.555. The number of hydrogen-bond acceptors (Lipinski definition) is 4. The van der Waals surface area contributed by atoms with E-state index in [4.69, 9.17) is 4.74 Å². The molecule has 0 fully saturated rings. The van der Waals surface area contributed by atoms with E-state index >= 15 is 0 Å². The van der Waals surface area contributed by atoms with Crippen LogP contribution in [0.1, 0.15) is 53.6 Å². The van der Waals surface area contributed by atoms with Crippen LogP contribution in [-0.4, -0.2) is 38.8 Å². The summed E-state index contributed by atoms with van der Waals surface area (Å²) in [6, 6.07) is 8.04. The summed E-state index contributed by atoms with van der Waals surface area (Å²) in [4.78, 5) is 26.9. The molecule has 1 N–H and O–H groups in total. The number of fused-ring (bicyclic) bond motifs is 1. The van der Waals surface area contributed by atoms with Crippen LogP contribution in [0.25, 0.3) is 0 Å². The average Bonchev–Trinajstić information content (AvgIpc) is 2.94. The van der Waals surface area contributed by atoms with Crippen molar-refractivity contribution in [1.29, 1.82) is 0 Å². The van der Waals surface area contributed by atoms with Crippen LogP contribution >= 0.6 is 0 Å². The molecule has 3 rings (SSSR count). The van der Waals surface area contributed by atoms with E-state index in [0.717, 1.165) is 16.8 Å². The van der Waals surface area contributed by atoms with E-state index in [9.17, 15) is 9.59 Å². The summed E-state index contributed by atoms with van der Waals surface area (Å²) in [5.41, 5.74) is 3.81. The van der Waals surface area contributed by atoms with Crippen LogP contribution in [-0.2, 0) is 31.3 Å². The van der Waals surface area contributed by atoms with Gasteiger partial charge in [-0.3, -0.25) is 9.48 Å². The summed E-state index contributed by atoms with van der Waals surface area (Å²) in [6.45, 7) is 8.85. The van der Waals surface area contributed by atoms with E-state index < -0.39 is 5.60 Å². The Labute approximate surface area is 165 Å². The monoisotopic (exact) mass is 384 g/mol. The van der Waals surface area contributed by atoms with Gasteiger partial charge in [0.2, 0.25) is 0 Å². The molecule has 0 saturated heterocycles. The number of aryl methyl sites for hydroxylation is 2. The highest BCUT2D eigenvalue weighted by atomic mass is 16.6. The van der Waals surface area contributed by atoms with Gasteiger partial charge < -0.3 is 15.0 Å². The normalized spacial score (nSPS) is 13.8. The van der Waals surface area contributed by atoms with Gasteiger partial charge in [-0.2, -0.15) is 5.10 Å². The van der Waals surface area contributed by atoms with Crippen LogP contribution in [0.3, 0.4) is 0 Å². The summed E-state index contributed by atoms with van der Waals surface area (Å²) in [7, 11) is 1.76. The van der Waals surface area contributed by atoms with Crippen molar-refractivity contribution in [3.05, 3.63) is 52.3 Å². The Kier molecular flexibility index (Phi) is 5.45. The highest BCUT2D eigenvalue weighted by Crippen LogP contribution is 2.23. The van der Waals surface area contributed by atoms with Crippen molar-refractivity contribution in [2.24, 2.45) is 7.05 Å². The van der Waals surface area contributed by atoms with Gasteiger partial charge in [0, 0.05) is 32.1 Å². The first-order valence-corrected chi connectivity index (χ1v) is 9.50. The minimum Gasteiger partial charge on any atom is -0.444 e. The Morgan fingerprint density at radius 1 is 1.21 bits per heavy atom. The average molecular weight is 384 g/mol. The summed E-state index contributed by atoms with van der Waals surface area (Å²) in [5.74, 6) is -0.192. The number of aromatic nitrogens is 2. The van der Waals surface area contributed by atoms with Crippen molar-refractivity contribution < 1.29 is 14.3 Å². The standard InChI is InChI=1S/C21H28N4O3/c1-14-6-8-15(9-7-14)12-22-19(26)18-16-13-25(20(27)28-21(2,3)4)11-10-17(16)23-24(18)5/h6-9H,10-13H2,1-5H3,(H,22,26). The van der Waals surface area contributed by atoms with Crippen LogP contribution < -0.4 is 5.32 Å². The highest BCUT2D eigenvalue weighted by Gasteiger charge is 2.31. The Morgan fingerprint density at radius 2 is 1.89 bits per heavy atom. The number of rotatable bonds is 3. The second-order valence-electron chi connectivity index (χ2n) is 8.22. The fourth-order valence-electron chi connectivity index (χ4n) is 3.24. The molecule has 7 nitrogen and oxygen atoms in total. The van der Waals surface area contributed by atoms with E-state index in [1.54, 1.807) is 16.6 Å². The van der Waals surface area contributed by atoms with Gasteiger partial charge >= 0.3 is 6.09 Å². The molecule has 0 unspecified atom stereocenters. The van der Waals surface area contributed by atoms with Gasteiger partial charge in [-0.25, -0.2) is 4.79 Å². The number of ether oxygens (including phenoxy) is 1. The molecule has 28 heavy (non-hydrogen) atoms. The molecule has 0 radical (unpaired) electrons. The molecule has 2 amide bonds. The molecule has 0 bridgehead atoms. The lowest BCUT2D eigenvalue weighted by Gasteiger charge is -2.29. The second kappa shape index (κ2) is 7.66. The Hall–Kier alpha value is -2.83. The van der Waals surface area contributed by atoms with E-state index in [0.29, 0.717) is 31.7 Å². The van der Waals surface area contributed by atoms with E-state index in [1.807, 2.05) is 52.0 Å². The van der Waals surface area contributed by atoms with Gasteiger partial charge in [-0.05, 0) is 33.3 Å². The topological polar surface area (TPSA) is 76.5 Å². The van der Waals surface area contributed by atoms with Crippen molar-refractivity contribution in [1.82, 2.24) is 20.0 Å². The molecule has 1 aromatic heterocycles. The molecule has 7 heteroatoms. The second-order valence-corrected chi connectivity index (χ2v) is 8.22. The maximum Gasteiger partial charge on any atom is 0.410 e. The Bertz CT molecular complexity index is 878. The lowest BCUT2D eigenvalue weighted by molar-refractivity contribution is 0.0222. The number of carbonyl (C=O) groups excluding carboxylic acids is 2. The maximum atomic E-state index is 12.8.